The van der Waals surface area contributed by atoms with Crippen molar-refractivity contribution in [1.82, 2.24) is 14.5 Å². The molecule has 1 aliphatic rings. The number of ether oxygens (including phenoxy) is 3. The Kier molecular flexibility index (Phi) is 7.13. The zero-order chi connectivity index (χ0) is 25.2. The molecule has 0 aliphatic carbocycles. The Morgan fingerprint density at radius 2 is 1.97 bits per heavy atom. The van der Waals surface area contributed by atoms with Crippen molar-refractivity contribution in [2.24, 2.45) is 0 Å². The zero-order valence-electron chi connectivity index (χ0n) is 20.5. The molecule has 0 radical (unpaired) electrons. The second-order valence-corrected chi connectivity index (χ2v) is 15.5. The molecular formula is C25H31N3O6Si. The fraction of sp³-hybridized carbons (Fsp3) is 0.400. The third-order valence-electron chi connectivity index (χ3n) is 6.04. The summed E-state index contributed by atoms with van der Waals surface area (Å²) in [5.74, 6) is 0.525. The Morgan fingerprint density at radius 1 is 1.17 bits per heavy atom. The van der Waals surface area contributed by atoms with Crippen LogP contribution < -0.4 is 4.74 Å². The number of fused-ring (bicyclic) bond motifs is 2. The summed E-state index contributed by atoms with van der Waals surface area (Å²) in [6, 6.07) is 8.41. The van der Waals surface area contributed by atoms with Crippen LogP contribution in [0.15, 0.2) is 36.7 Å². The molecule has 0 saturated heterocycles. The SMILES string of the molecule is COC(=O)c1cn(COCC[Si](C)(C)C)c2nccc(Oc3ccc4c(c3)CN(C(=O)O)CC4)c12. The third-order valence-corrected chi connectivity index (χ3v) is 7.74. The number of pyridine rings is 1. The van der Waals surface area contributed by atoms with E-state index in [2.05, 4.69) is 24.6 Å². The highest BCUT2D eigenvalue weighted by molar-refractivity contribution is 6.76. The first-order chi connectivity index (χ1) is 16.7. The average Bonchev–Trinajstić information content (AvgIpc) is 3.20. The van der Waals surface area contributed by atoms with E-state index in [0.717, 1.165) is 17.2 Å². The van der Waals surface area contributed by atoms with E-state index in [1.165, 1.54) is 12.0 Å². The molecule has 0 bridgehead atoms. The van der Waals surface area contributed by atoms with E-state index in [1.807, 2.05) is 18.2 Å². The molecule has 0 fully saturated rings. The minimum atomic E-state index is -1.22. The number of carbonyl (C=O) groups is 2. The van der Waals surface area contributed by atoms with Crippen molar-refractivity contribution in [1.29, 1.82) is 0 Å². The molecule has 1 amide bonds. The van der Waals surface area contributed by atoms with Gasteiger partial charge in [0.1, 0.15) is 23.9 Å². The van der Waals surface area contributed by atoms with Crippen LogP contribution in [0, 0.1) is 0 Å². The Morgan fingerprint density at radius 3 is 2.69 bits per heavy atom. The number of carboxylic acid groups (broad SMARTS) is 1. The number of benzene rings is 1. The summed E-state index contributed by atoms with van der Waals surface area (Å²) < 4.78 is 18.9. The maximum absolute atomic E-state index is 12.6. The van der Waals surface area contributed by atoms with Crippen LogP contribution in [0.3, 0.4) is 0 Å². The molecule has 0 saturated carbocycles. The number of hydrogen-bond donors (Lipinski definition) is 1. The molecule has 1 aliphatic heterocycles. The number of hydrogen-bond acceptors (Lipinski definition) is 6. The molecule has 1 aromatic carbocycles. The van der Waals surface area contributed by atoms with E-state index >= 15 is 0 Å². The fourth-order valence-electron chi connectivity index (χ4n) is 4.06. The zero-order valence-corrected chi connectivity index (χ0v) is 21.5. The monoisotopic (exact) mass is 497 g/mol. The Balaban J connectivity index is 1.63. The van der Waals surface area contributed by atoms with E-state index in [0.29, 0.717) is 54.2 Å². The number of nitrogens with zero attached hydrogens (tertiary/aromatic N) is 3. The van der Waals surface area contributed by atoms with E-state index in [4.69, 9.17) is 14.2 Å². The van der Waals surface area contributed by atoms with Gasteiger partial charge >= 0.3 is 12.1 Å². The van der Waals surface area contributed by atoms with Crippen LogP contribution in [0.4, 0.5) is 4.79 Å². The summed E-state index contributed by atoms with van der Waals surface area (Å²) in [6.07, 6.45) is 3.03. The average molecular weight is 498 g/mol. The predicted octanol–water partition coefficient (Wildman–Crippen LogP) is 4.96. The van der Waals surface area contributed by atoms with Crippen LogP contribution >= 0.6 is 0 Å². The summed E-state index contributed by atoms with van der Waals surface area (Å²) in [7, 11) is 0.117. The predicted molar refractivity (Wildman–Crippen MR) is 134 cm³/mol. The number of esters is 1. The summed E-state index contributed by atoms with van der Waals surface area (Å²) in [5, 5.41) is 9.89. The Bertz CT molecular complexity index is 1250. The van der Waals surface area contributed by atoms with Gasteiger partial charge in [-0.3, -0.25) is 0 Å². The highest BCUT2D eigenvalue weighted by Gasteiger charge is 2.23. The first-order valence-corrected chi connectivity index (χ1v) is 15.3. The summed E-state index contributed by atoms with van der Waals surface area (Å²) in [4.78, 5) is 29.8. The van der Waals surface area contributed by atoms with Crippen molar-refractivity contribution in [2.75, 3.05) is 20.3 Å². The smallest absolute Gasteiger partial charge is 0.407 e. The van der Waals surface area contributed by atoms with Crippen LogP contribution in [-0.4, -0.2) is 60.0 Å². The van der Waals surface area contributed by atoms with Crippen LogP contribution in [0.1, 0.15) is 21.5 Å². The number of aromatic nitrogens is 2. The van der Waals surface area contributed by atoms with Gasteiger partial charge in [-0.1, -0.05) is 25.7 Å². The van der Waals surface area contributed by atoms with Gasteiger partial charge in [-0.05, 0) is 41.8 Å². The lowest BCUT2D eigenvalue weighted by Crippen LogP contribution is -2.34. The van der Waals surface area contributed by atoms with Gasteiger partial charge in [0.15, 0.2) is 0 Å². The van der Waals surface area contributed by atoms with E-state index in [-0.39, 0.29) is 6.73 Å². The van der Waals surface area contributed by atoms with Crippen molar-refractivity contribution >= 4 is 31.2 Å². The molecule has 186 valence electrons. The molecule has 3 heterocycles. The highest BCUT2D eigenvalue weighted by Crippen LogP contribution is 2.34. The lowest BCUT2D eigenvalue weighted by molar-refractivity contribution is 0.0600. The minimum Gasteiger partial charge on any atom is -0.465 e. The second kappa shape index (κ2) is 10.1. The van der Waals surface area contributed by atoms with Gasteiger partial charge < -0.3 is 28.8 Å². The lowest BCUT2D eigenvalue weighted by atomic mass is 10.00. The molecule has 2 aromatic heterocycles. The fourth-order valence-corrected chi connectivity index (χ4v) is 4.82. The summed E-state index contributed by atoms with van der Waals surface area (Å²) in [5.41, 5.74) is 2.91. The van der Waals surface area contributed by atoms with E-state index in [1.54, 1.807) is 23.0 Å². The van der Waals surface area contributed by atoms with Crippen LogP contribution in [0.25, 0.3) is 11.0 Å². The van der Waals surface area contributed by atoms with Crippen LogP contribution in [-0.2, 0) is 29.2 Å². The highest BCUT2D eigenvalue weighted by atomic mass is 28.3. The van der Waals surface area contributed by atoms with Crippen LogP contribution in [0.5, 0.6) is 11.5 Å². The van der Waals surface area contributed by atoms with Gasteiger partial charge in [0.05, 0.1) is 18.1 Å². The maximum Gasteiger partial charge on any atom is 0.407 e. The molecule has 1 N–H and O–H groups in total. The molecule has 0 unspecified atom stereocenters. The number of methoxy groups -OCH3 is 1. The number of amides is 1. The first kappa shape index (κ1) is 24.7. The molecule has 35 heavy (non-hydrogen) atoms. The molecule has 0 atom stereocenters. The van der Waals surface area contributed by atoms with Gasteiger partial charge in [-0.15, -0.1) is 0 Å². The van der Waals surface area contributed by atoms with Crippen molar-refractivity contribution in [2.45, 2.75) is 45.4 Å². The standard InChI is InChI=1S/C25H31N3O6Si/c1-32-24(29)20-15-28(16-33-11-12-35(2,3)4)23-22(20)21(7-9-26-23)34-19-6-5-17-8-10-27(25(30)31)14-18(17)13-19/h5-7,9,13,15H,8,10-12,14,16H2,1-4H3,(H,30,31). The van der Waals surface area contributed by atoms with Gasteiger partial charge in [-0.2, -0.15) is 0 Å². The van der Waals surface area contributed by atoms with E-state index in [9.17, 15) is 14.7 Å². The molecule has 3 aromatic rings. The lowest BCUT2D eigenvalue weighted by Gasteiger charge is -2.26. The minimum absolute atomic E-state index is 0.262. The number of carbonyl (C=O) groups excluding carboxylic acids is 1. The first-order valence-electron chi connectivity index (χ1n) is 11.6. The molecule has 4 rings (SSSR count). The molecule has 0 spiro atoms. The van der Waals surface area contributed by atoms with Crippen LogP contribution in [0.2, 0.25) is 25.7 Å². The van der Waals surface area contributed by atoms with Gasteiger partial charge in [0.25, 0.3) is 0 Å². The van der Waals surface area contributed by atoms with Gasteiger partial charge in [-0.25, -0.2) is 14.6 Å². The maximum atomic E-state index is 12.6. The second-order valence-electron chi connectivity index (χ2n) is 9.85. The molecule has 9 nitrogen and oxygen atoms in total. The quantitative estimate of drug-likeness (QED) is 0.266. The number of rotatable bonds is 8. The van der Waals surface area contributed by atoms with Gasteiger partial charge in [0.2, 0.25) is 0 Å². The van der Waals surface area contributed by atoms with E-state index < -0.39 is 20.1 Å². The van der Waals surface area contributed by atoms with Crippen molar-refractivity contribution < 1.29 is 28.9 Å². The van der Waals surface area contributed by atoms with Crippen molar-refractivity contribution in [3.8, 4) is 11.5 Å². The van der Waals surface area contributed by atoms with Gasteiger partial charge in [0, 0.05) is 40.2 Å². The summed E-state index contributed by atoms with van der Waals surface area (Å²) >= 11 is 0. The Hall–Kier alpha value is -3.37. The molecular weight excluding hydrogens is 466 g/mol. The topological polar surface area (TPSA) is 103 Å². The normalized spacial score (nSPS) is 13.5. The van der Waals surface area contributed by atoms with Crippen molar-refractivity contribution in [3.63, 3.8) is 0 Å². The largest absolute Gasteiger partial charge is 0.465 e. The van der Waals surface area contributed by atoms with Crippen molar-refractivity contribution in [3.05, 3.63) is 53.3 Å². The molecule has 10 heteroatoms. The summed E-state index contributed by atoms with van der Waals surface area (Å²) in [6.45, 7) is 8.57. The Labute approximate surface area is 205 Å². The third kappa shape index (κ3) is 5.65.